The topological polar surface area (TPSA) is 76.3 Å². The summed E-state index contributed by atoms with van der Waals surface area (Å²) in [5.74, 6) is 0.700. The molecule has 1 saturated heterocycles. The number of aryl methyl sites for hydroxylation is 1. The summed E-state index contributed by atoms with van der Waals surface area (Å²) in [5, 5.41) is 4.82. The molecule has 5 rings (SSSR count). The van der Waals surface area contributed by atoms with Crippen molar-refractivity contribution in [1.29, 1.82) is 0 Å². The lowest BCUT2D eigenvalue weighted by molar-refractivity contribution is 0.0911. The summed E-state index contributed by atoms with van der Waals surface area (Å²) in [6.45, 7) is 7.61. The van der Waals surface area contributed by atoms with E-state index in [2.05, 4.69) is 51.1 Å². The van der Waals surface area contributed by atoms with Gasteiger partial charge in [-0.25, -0.2) is 19.0 Å². The zero-order valence-electron chi connectivity index (χ0n) is 22.4. The van der Waals surface area contributed by atoms with Gasteiger partial charge in [0.25, 0.3) is 0 Å². The fourth-order valence-electron chi connectivity index (χ4n) is 4.86. The summed E-state index contributed by atoms with van der Waals surface area (Å²) in [7, 11) is 0. The number of carbonyl (C=O) groups is 1. The monoisotopic (exact) mass is 602 g/mol. The molecule has 1 fully saturated rings. The van der Waals surface area contributed by atoms with E-state index in [4.69, 9.17) is 11.6 Å². The number of hydrogen-bond donors (Lipinski definition) is 0. The highest BCUT2D eigenvalue weighted by atomic mass is 35.5. The number of nitrogens with zero attached hydrogens (tertiary/aromatic N) is 6. The van der Waals surface area contributed by atoms with Crippen molar-refractivity contribution in [2.45, 2.75) is 32.7 Å². The number of piperazine rings is 1. The van der Waals surface area contributed by atoms with Gasteiger partial charge in [0, 0.05) is 42.5 Å². The van der Waals surface area contributed by atoms with Crippen molar-refractivity contribution in [3.05, 3.63) is 99.8 Å². The number of aromatic nitrogens is 4. The smallest absolute Gasteiger partial charge is 0.351 e. The average molecular weight is 604 g/mol. The van der Waals surface area contributed by atoms with Gasteiger partial charge in [-0.3, -0.25) is 4.79 Å². The molecule has 40 heavy (non-hydrogen) atoms. The maximum Gasteiger partial charge on any atom is 0.351 e. The van der Waals surface area contributed by atoms with Crippen molar-refractivity contribution < 1.29 is 4.79 Å². The summed E-state index contributed by atoms with van der Waals surface area (Å²) in [5.41, 5.74) is 3.33. The van der Waals surface area contributed by atoms with Crippen molar-refractivity contribution >= 4 is 53.7 Å². The number of ketones is 1. The molecule has 8 nitrogen and oxygen atoms in total. The maximum atomic E-state index is 13.2. The first kappa shape index (κ1) is 31.2. The number of hydrogen-bond acceptors (Lipinski definition) is 6. The van der Waals surface area contributed by atoms with Gasteiger partial charge < -0.3 is 9.80 Å². The van der Waals surface area contributed by atoms with Crippen LogP contribution in [0.2, 0.25) is 5.02 Å². The standard InChI is InChI=1S/C29H31ClN6O2.2ClH/c1-3-21-6-5-7-24(18-21)33-14-16-34(17-15-33)27-13-12-25(19-31-27)35-20-32-36(29(35)38)26(4-2)28(37)22-8-10-23(30)11-9-22;;/h5-13,18-20,26H,3-4,14-17H2,1-2H3;2*1H. The van der Waals surface area contributed by atoms with E-state index in [1.165, 1.54) is 26.8 Å². The minimum atomic E-state index is -0.702. The molecule has 0 saturated carbocycles. The summed E-state index contributed by atoms with van der Waals surface area (Å²) in [6.07, 6.45) is 4.59. The third kappa shape index (κ3) is 6.52. The number of carbonyl (C=O) groups excluding carboxylic acids is 1. The van der Waals surface area contributed by atoms with Gasteiger partial charge in [0.15, 0.2) is 5.78 Å². The van der Waals surface area contributed by atoms with Crippen molar-refractivity contribution in [2.75, 3.05) is 36.0 Å². The van der Waals surface area contributed by atoms with E-state index in [1.54, 1.807) is 30.5 Å². The maximum absolute atomic E-state index is 13.2. The second-order valence-electron chi connectivity index (χ2n) is 9.40. The fourth-order valence-corrected chi connectivity index (χ4v) is 4.98. The minimum absolute atomic E-state index is 0. The molecule has 212 valence electrons. The normalized spacial score (nSPS) is 13.8. The first-order valence-corrected chi connectivity index (χ1v) is 13.4. The molecule has 0 spiro atoms. The number of halogens is 3. The van der Waals surface area contributed by atoms with Gasteiger partial charge in [-0.1, -0.05) is 37.6 Å². The van der Waals surface area contributed by atoms with Gasteiger partial charge in [-0.2, -0.15) is 5.10 Å². The highest BCUT2D eigenvalue weighted by Crippen LogP contribution is 2.22. The molecule has 1 aliphatic rings. The van der Waals surface area contributed by atoms with Crippen LogP contribution in [-0.2, 0) is 6.42 Å². The van der Waals surface area contributed by atoms with Crippen molar-refractivity contribution in [3.63, 3.8) is 0 Å². The van der Waals surface area contributed by atoms with Crippen LogP contribution in [0.15, 0.2) is 78.0 Å². The molecule has 1 aliphatic heterocycles. The van der Waals surface area contributed by atoms with Crippen LogP contribution in [0.1, 0.15) is 42.2 Å². The van der Waals surface area contributed by atoms with E-state index in [-0.39, 0.29) is 36.3 Å². The van der Waals surface area contributed by atoms with Crippen molar-refractivity contribution in [3.8, 4) is 5.69 Å². The summed E-state index contributed by atoms with van der Waals surface area (Å²) < 4.78 is 2.67. The molecule has 11 heteroatoms. The second kappa shape index (κ2) is 13.8. The number of benzene rings is 2. The zero-order chi connectivity index (χ0) is 26.6. The number of anilines is 2. The number of Topliss-reactive ketones (excluding diaryl/α,β-unsaturated/α-hetero) is 1. The molecular weight excluding hydrogens is 571 g/mol. The molecule has 1 atom stereocenters. The molecule has 0 bridgehead atoms. The van der Waals surface area contributed by atoms with Gasteiger partial charge >= 0.3 is 5.69 Å². The minimum Gasteiger partial charge on any atom is -0.368 e. The molecule has 3 heterocycles. The number of rotatable bonds is 8. The molecule has 2 aromatic heterocycles. The van der Waals surface area contributed by atoms with Gasteiger partial charge in [0.05, 0.1) is 11.9 Å². The molecular formula is C29H33Cl3N6O2. The van der Waals surface area contributed by atoms with E-state index in [0.717, 1.165) is 38.4 Å². The van der Waals surface area contributed by atoms with Crippen LogP contribution < -0.4 is 15.5 Å². The number of pyridine rings is 1. The largest absolute Gasteiger partial charge is 0.368 e. The van der Waals surface area contributed by atoms with Crippen LogP contribution in [0, 0.1) is 0 Å². The molecule has 0 aliphatic carbocycles. The fraction of sp³-hybridized carbons (Fsp3) is 0.310. The van der Waals surface area contributed by atoms with Gasteiger partial charge in [0.2, 0.25) is 0 Å². The predicted octanol–water partition coefficient (Wildman–Crippen LogP) is 5.65. The lowest BCUT2D eigenvalue weighted by Gasteiger charge is -2.37. The van der Waals surface area contributed by atoms with Gasteiger partial charge in [-0.05, 0) is 66.9 Å². The Labute approximate surface area is 251 Å². The van der Waals surface area contributed by atoms with Crippen LogP contribution in [0.4, 0.5) is 11.5 Å². The van der Waals surface area contributed by atoms with Crippen LogP contribution >= 0.6 is 36.4 Å². The molecule has 1 unspecified atom stereocenters. The van der Waals surface area contributed by atoms with Crippen LogP contribution in [0.5, 0.6) is 0 Å². The Morgan fingerprint density at radius 2 is 1.62 bits per heavy atom. The highest BCUT2D eigenvalue weighted by molar-refractivity contribution is 6.30. The Balaban J connectivity index is 0.00000220. The first-order valence-electron chi connectivity index (χ1n) is 13.0. The van der Waals surface area contributed by atoms with E-state index >= 15 is 0 Å². The highest BCUT2D eigenvalue weighted by Gasteiger charge is 2.24. The van der Waals surface area contributed by atoms with Crippen LogP contribution in [0.3, 0.4) is 0 Å². The summed E-state index contributed by atoms with van der Waals surface area (Å²) in [4.78, 5) is 35.6. The first-order chi connectivity index (χ1) is 18.5. The zero-order valence-corrected chi connectivity index (χ0v) is 24.8. The molecule has 0 radical (unpaired) electrons. The molecule has 2 aromatic carbocycles. The predicted molar refractivity (Wildman–Crippen MR) is 165 cm³/mol. The SMILES string of the molecule is CCc1cccc(N2CCN(c3ccc(-n4cnn(C(CC)C(=O)c5ccc(Cl)cc5)c4=O)cn3)CC2)c1.Cl.Cl. The Morgan fingerprint density at radius 1 is 0.925 bits per heavy atom. The Hall–Kier alpha value is -3.33. The quantitative estimate of drug-likeness (QED) is 0.242. The Morgan fingerprint density at radius 3 is 2.25 bits per heavy atom. The lowest BCUT2D eigenvalue weighted by atomic mass is 10.0. The van der Waals surface area contributed by atoms with E-state index in [0.29, 0.717) is 22.7 Å². The van der Waals surface area contributed by atoms with Crippen LogP contribution in [0.25, 0.3) is 5.69 Å². The Kier molecular flexibility index (Phi) is 10.8. The van der Waals surface area contributed by atoms with E-state index in [9.17, 15) is 9.59 Å². The van der Waals surface area contributed by atoms with Gasteiger partial charge in [0.1, 0.15) is 18.2 Å². The molecule has 0 amide bonds. The second-order valence-corrected chi connectivity index (χ2v) is 9.83. The van der Waals surface area contributed by atoms with Crippen LogP contribution in [-0.4, -0.2) is 51.3 Å². The summed E-state index contributed by atoms with van der Waals surface area (Å²) >= 11 is 5.95. The van der Waals surface area contributed by atoms with Crippen molar-refractivity contribution in [2.24, 2.45) is 0 Å². The van der Waals surface area contributed by atoms with Gasteiger partial charge in [-0.15, -0.1) is 24.8 Å². The third-order valence-electron chi connectivity index (χ3n) is 7.10. The molecule has 0 N–H and O–H groups in total. The van der Waals surface area contributed by atoms with E-state index < -0.39 is 6.04 Å². The molecule has 4 aromatic rings. The van der Waals surface area contributed by atoms with Crippen molar-refractivity contribution in [1.82, 2.24) is 19.3 Å². The third-order valence-corrected chi connectivity index (χ3v) is 7.36. The Bertz CT molecular complexity index is 1460. The lowest BCUT2D eigenvalue weighted by Crippen LogP contribution is -2.46. The van der Waals surface area contributed by atoms with E-state index in [1.807, 2.05) is 19.1 Å². The average Bonchev–Trinajstić information content (AvgIpc) is 3.34. The summed E-state index contributed by atoms with van der Waals surface area (Å²) in [6, 6.07) is 18.5.